The summed E-state index contributed by atoms with van der Waals surface area (Å²) in [7, 11) is 0. The summed E-state index contributed by atoms with van der Waals surface area (Å²) in [5, 5.41) is 15.9. The molecular formula is C43H28N4O. The molecule has 0 bridgehead atoms. The Bertz CT molecular complexity index is 2690. The van der Waals surface area contributed by atoms with Crippen LogP contribution in [0.5, 0.6) is 0 Å². The fourth-order valence-corrected chi connectivity index (χ4v) is 6.79. The summed E-state index contributed by atoms with van der Waals surface area (Å²) in [5.41, 5.74) is 7.39. The summed E-state index contributed by atoms with van der Waals surface area (Å²) in [5.74, 6) is 0.498. The van der Waals surface area contributed by atoms with Crippen molar-refractivity contribution in [2.45, 2.75) is 0 Å². The van der Waals surface area contributed by atoms with E-state index in [0.29, 0.717) is 5.84 Å². The Hall–Kier alpha value is -6.59. The number of hydrogen-bond donors (Lipinski definition) is 1. The zero-order valence-corrected chi connectivity index (χ0v) is 25.8. The van der Waals surface area contributed by atoms with Crippen LogP contribution in [-0.2, 0) is 0 Å². The van der Waals surface area contributed by atoms with Gasteiger partial charge in [-0.3, -0.25) is 9.98 Å². The molecule has 226 valence electrons. The van der Waals surface area contributed by atoms with E-state index in [9.17, 15) is 5.41 Å². The lowest BCUT2D eigenvalue weighted by atomic mass is 9.94. The monoisotopic (exact) mass is 616 g/mol. The second-order valence-electron chi connectivity index (χ2n) is 11.8. The summed E-state index contributed by atoms with van der Waals surface area (Å²) in [4.78, 5) is 9.75. The molecule has 0 spiro atoms. The molecule has 2 aromatic heterocycles. The number of nitrogens with one attached hydrogen (secondary N) is 1. The highest BCUT2D eigenvalue weighted by atomic mass is 16.3. The Balaban J connectivity index is 1.21. The molecule has 0 saturated carbocycles. The number of hydrogen-bond acceptors (Lipinski definition) is 2. The van der Waals surface area contributed by atoms with Crippen molar-refractivity contribution in [1.29, 1.82) is 5.41 Å². The Labute approximate surface area is 276 Å². The first-order valence-electron chi connectivity index (χ1n) is 15.9. The number of fused-ring (bicyclic) bond motifs is 7. The van der Waals surface area contributed by atoms with E-state index in [4.69, 9.17) is 14.4 Å². The predicted octanol–water partition coefficient (Wildman–Crippen LogP) is 10.9. The average Bonchev–Trinajstić information content (AvgIpc) is 3.69. The normalized spacial score (nSPS) is 12.3. The molecule has 5 heteroatoms. The summed E-state index contributed by atoms with van der Waals surface area (Å²) >= 11 is 0. The van der Waals surface area contributed by atoms with Gasteiger partial charge in [-0.05, 0) is 57.8 Å². The van der Waals surface area contributed by atoms with Crippen LogP contribution in [0.3, 0.4) is 0 Å². The Kier molecular flexibility index (Phi) is 6.54. The molecule has 2 heterocycles. The van der Waals surface area contributed by atoms with Crippen LogP contribution in [0.2, 0.25) is 0 Å². The summed E-state index contributed by atoms with van der Waals surface area (Å²) in [6, 6.07) is 53.4. The van der Waals surface area contributed by atoms with Crippen molar-refractivity contribution in [1.82, 2.24) is 4.57 Å². The van der Waals surface area contributed by atoms with Gasteiger partial charge in [-0.2, -0.15) is 4.99 Å². The first-order valence-corrected chi connectivity index (χ1v) is 15.9. The molecule has 48 heavy (non-hydrogen) atoms. The fourth-order valence-electron chi connectivity index (χ4n) is 6.79. The molecule has 0 fully saturated rings. The lowest BCUT2D eigenvalue weighted by molar-refractivity contribution is 0.669. The maximum absolute atomic E-state index is 9.29. The van der Waals surface area contributed by atoms with Gasteiger partial charge in [0.1, 0.15) is 11.2 Å². The van der Waals surface area contributed by atoms with Gasteiger partial charge in [0.2, 0.25) is 5.96 Å². The quantitative estimate of drug-likeness (QED) is 0.156. The topological polar surface area (TPSA) is 66.6 Å². The van der Waals surface area contributed by atoms with Crippen LogP contribution in [0.4, 0.5) is 0 Å². The van der Waals surface area contributed by atoms with E-state index >= 15 is 0 Å². The van der Waals surface area contributed by atoms with Crippen molar-refractivity contribution >= 4 is 72.5 Å². The van der Waals surface area contributed by atoms with Crippen molar-refractivity contribution in [3.05, 3.63) is 169 Å². The maximum atomic E-state index is 9.29. The van der Waals surface area contributed by atoms with Crippen LogP contribution in [0.1, 0.15) is 11.1 Å². The van der Waals surface area contributed by atoms with E-state index in [1.165, 1.54) is 16.3 Å². The van der Waals surface area contributed by atoms with E-state index in [2.05, 4.69) is 66.7 Å². The molecule has 5 nitrogen and oxygen atoms in total. The van der Waals surface area contributed by atoms with Gasteiger partial charge in [0.05, 0.1) is 11.0 Å². The van der Waals surface area contributed by atoms with E-state index in [1.54, 1.807) is 6.21 Å². The standard InChI is InChI=1S/C43H28N4O/c44-43(47-37-21-8-6-17-33(37)34-18-7-9-22-38(34)47)46-42(45-27-28-12-2-1-3-13-28)30-24-25-36-40(26-30)48-39-23-11-20-35(41(36)39)32-19-10-15-29-14-4-5-16-31(29)32/h1-27,44H/b44-43?,45-27+,46-42-. The Morgan fingerprint density at radius 3 is 2.00 bits per heavy atom. The minimum absolute atomic E-state index is 0.0792. The number of furan rings is 1. The smallest absolute Gasteiger partial charge is 0.229 e. The van der Waals surface area contributed by atoms with Gasteiger partial charge in [0.25, 0.3) is 0 Å². The van der Waals surface area contributed by atoms with Crippen molar-refractivity contribution in [2.75, 3.05) is 0 Å². The zero-order valence-electron chi connectivity index (χ0n) is 25.8. The molecule has 9 aromatic rings. The summed E-state index contributed by atoms with van der Waals surface area (Å²) in [6.45, 7) is 0. The minimum atomic E-state index is 0.0792. The van der Waals surface area contributed by atoms with Gasteiger partial charge in [-0.25, -0.2) is 4.99 Å². The number of rotatable bonds is 3. The summed E-state index contributed by atoms with van der Waals surface area (Å²) in [6.07, 6.45) is 1.79. The zero-order chi connectivity index (χ0) is 32.0. The van der Waals surface area contributed by atoms with Crippen LogP contribution in [-0.4, -0.2) is 22.6 Å². The second kappa shape index (κ2) is 11.3. The number of aliphatic imine (C=N–C) groups is 2. The molecule has 0 atom stereocenters. The SMILES string of the molecule is N=C(/N=C(\N=C\c1ccccc1)c1ccc2c(c1)oc1cccc(-c3cccc4ccccc34)c12)n1c2ccccc2c2ccccc21. The highest BCUT2D eigenvalue weighted by Crippen LogP contribution is 2.39. The third kappa shape index (κ3) is 4.60. The van der Waals surface area contributed by atoms with Gasteiger partial charge in [0.15, 0.2) is 5.84 Å². The summed E-state index contributed by atoms with van der Waals surface area (Å²) < 4.78 is 8.39. The highest BCUT2D eigenvalue weighted by Gasteiger charge is 2.17. The maximum Gasteiger partial charge on any atom is 0.229 e. The number of amidine groups is 1. The average molecular weight is 617 g/mol. The highest BCUT2D eigenvalue weighted by molar-refractivity contribution is 6.19. The minimum Gasteiger partial charge on any atom is -0.456 e. The number of para-hydroxylation sites is 2. The predicted molar refractivity (Wildman–Crippen MR) is 200 cm³/mol. The van der Waals surface area contributed by atoms with Crippen molar-refractivity contribution in [3.8, 4) is 11.1 Å². The van der Waals surface area contributed by atoms with Crippen molar-refractivity contribution in [2.24, 2.45) is 9.98 Å². The van der Waals surface area contributed by atoms with E-state index in [1.807, 2.05) is 95.6 Å². The van der Waals surface area contributed by atoms with Crippen LogP contribution in [0.15, 0.2) is 172 Å². The molecule has 9 rings (SSSR count). The van der Waals surface area contributed by atoms with Crippen molar-refractivity contribution in [3.63, 3.8) is 0 Å². The molecule has 0 aliphatic heterocycles. The first kappa shape index (κ1) is 27.7. The molecule has 0 saturated heterocycles. The molecule has 1 N–H and O–H groups in total. The number of nitrogens with zero attached hydrogens (tertiary/aromatic N) is 3. The van der Waals surface area contributed by atoms with Gasteiger partial charge in [-0.15, -0.1) is 0 Å². The lowest BCUT2D eigenvalue weighted by Gasteiger charge is -2.09. The van der Waals surface area contributed by atoms with E-state index in [-0.39, 0.29) is 5.96 Å². The molecule has 0 radical (unpaired) electrons. The van der Waals surface area contributed by atoms with Gasteiger partial charge in [-0.1, -0.05) is 127 Å². The lowest BCUT2D eigenvalue weighted by Crippen LogP contribution is -2.11. The number of aromatic nitrogens is 1. The largest absolute Gasteiger partial charge is 0.456 e. The Morgan fingerprint density at radius 2 is 1.21 bits per heavy atom. The van der Waals surface area contributed by atoms with Crippen LogP contribution < -0.4 is 0 Å². The second-order valence-corrected chi connectivity index (χ2v) is 11.8. The van der Waals surface area contributed by atoms with Crippen molar-refractivity contribution < 1.29 is 4.42 Å². The van der Waals surface area contributed by atoms with Gasteiger partial charge < -0.3 is 4.42 Å². The molecule has 0 aliphatic carbocycles. The molecule has 7 aromatic carbocycles. The molecular weight excluding hydrogens is 589 g/mol. The van der Waals surface area contributed by atoms with Crippen LogP contribution in [0, 0.1) is 5.41 Å². The molecule has 0 aliphatic rings. The number of benzene rings is 7. The van der Waals surface area contributed by atoms with E-state index in [0.717, 1.165) is 60.4 Å². The molecule has 0 amide bonds. The first-order chi connectivity index (χ1) is 23.7. The third-order valence-corrected chi connectivity index (χ3v) is 8.97. The van der Waals surface area contributed by atoms with E-state index < -0.39 is 0 Å². The molecule has 0 unspecified atom stereocenters. The van der Waals surface area contributed by atoms with Crippen LogP contribution in [0.25, 0.3) is 65.6 Å². The van der Waals surface area contributed by atoms with Gasteiger partial charge >= 0.3 is 0 Å². The Morgan fingerprint density at radius 1 is 0.562 bits per heavy atom. The van der Waals surface area contributed by atoms with Crippen LogP contribution >= 0.6 is 0 Å². The fraction of sp³-hybridized carbons (Fsp3) is 0. The van der Waals surface area contributed by atoms with Gasteiger partial charge in [0, 0.05) is 33.3 Å². The third-order valence-electron chi connectivity index (χ3n) is 8.97.